The normalized spacial score (nSPS) is 12.5. The number of halogens is 1. The van der Waals surface area contributed by atoms with Crippen LogP contribution in [-0.4, -0.2) is 46.7 Å². The summed E-state index contributed by atoms with van der Waals surface area (Å²) in [6, 6.07) is 8.28. The van der Waals surface area contributed by atoms with Crippen molar-refractivity contribution in [1.82, 2.24) is 0 Å². The van der Waals surface area contributed by atoms with Crippen molar-refractivity contribution in [1.29, 1.82) is 0 Å². The molecule has 4 nitrogen and oxygen atoms in total. The standard InChI is InChI=1S/C16H26BrNO3/c1-19-8-9-21-11-10-20-7-6-14(13-18)12-15-4-2-3-5-16(15)17/h2-5,14H,6-13,18H2,1H3. The molecule has 0 heterocycles. The van der Waals surface area contributed by atoms with Crippen molar-refractivity contribution in [3.8, 4) is 0 Å². The quantitative estimate of drug-likeness (QED) is 0.583. The number of nitrogens with two attached hydrogens (primary N) is 1. The topological polar surface area (TPSA) is 53.7 Å². The molecule has 0 aromatic heterocycles. The van der Waals surface area contributed by atoms with Gasteiger partial charge in [0.05, 0.1) is 26.4 Å². The van der Waals surface area contributed by atoms with Gasteiger partial charge in [-0.25, -0.2) is 0 Å². The number of hydrogen-bond donors (Lipinski definition) is 1. The van der Waals surface area contributed by atoms with Crippen molar-refractivity contribution in [2.75, 3.05) is 46.7 Å². The van der Waals surface area contributed by atoms with E-state index in [1.807, 2.05) is 6.07 Å². The molecule has 0 radical (unpaired) electrons. The Hall–Kier alpha value is -0.460. The van der Waals surface area contributed by atoms with E-state index >= 15 is 0 Å². The van der Waals surface area contributed by atoms with Crippen LogP contribution < -0.4 is 5.73 Å². The van der Waals surface area contributed by atoms with Crippen LogP contribution in [-0.2, 0) is 20.6 Å². The van der Waals surface area contributed by atoms with Gasteiger partial charge in [-0.15, -0.1) is 0 Å². The Morgan fingerprint density at radius 1 is 1.05 bits per heavy atom. The number of rotatable bonds is 12. The van der Waals surface area contributed by atoms with Crippen LogP contribution in [0.4, 0.5) is 0 Å². The van der Waals surface area contributed by atoms with Crippen LogP contribution in [0.2, 0.25) is 0 Å². The SMILES string of the molecule is COCCOCCOCCC(CN)Cc1ccccc1Br. The van der Waals surface area contributed by atoms with Crippen LogP contribution in [0.25, 0.3) is 0 Å². The lowest BCUT2D eigenvalue weighted by Crippen LogP contribution is -2.19. The van der Waals surface area contributed by atoms with E-state index in [1.54, 1.807) is 7.11 Å². The Kier molecular flexibility index (Phi) is 10.7. The molecule has 0 bridgehead atoms. The molecule has 1 aromatic carbocycles. The highest BCUT2D eigenvalue weighted by molar-refractivity contribution is 9.10. The van der Waals surface area contributed by atoms with Crippen LogP contribution >= 0.6 is 15.9 Å². The zero-order chi connectivity index (χ0) is 15.3. The maximum Gasteiger partial charge on any atom is 0.0701 e. The van der Waals surface area contributed by atoms with E-state index in [-0.39, 0.29) is 0 Å². The maximum atomic E-state index is 5.86. The Morgan fingerprint density at radius 3 is 2.38 bits per heavy atom. The largest absolute Gasteiger partial charge is 0.382 e. The maximum absolute atomic E-state index is 5.86. The first kappa shape index (κ1) is 18.6. The van der Waals surface area contributed by atoms with Gasteiger partial charge in [-0.1, -0.05) is 34.1 Å². The fraction of sp³-hybridized carbons (Fsp3) is 0.625. The molecular formula is C16H26BrNO3. The molecule has 0 aliphatic carbocycles. The molecule has 0 fully saturated rings. The predicted molar refractivity (Wildman–Crippen MR) is 88.5 cm³/mol. The number of methoxy groups -OCH3 is 1. The van der Waals surface area contributed by atoms with Gasteiger partial charge in [-0.3, -0.25) is 0 Å². The molecule has 0 amide bonds. The predicted octanol–water partition coefficient (Wildman–Crippen LogP) is 2.64. The lowest BCUT2D eigenvalue weighted by atomic mass is 9.97. The molecule has 21 heavy (non-hydrogen) atoms. The van der Waals surface area contributed by atoms with E-state index in [1.165, 1.54) is 5.56 Å². The highest BCUT2D eigenvalue weighted by atomic mass is 79.9. The third-order valence-corrected chi connectivity index (χ3v) is 4.05. The van der Waals surface area contributed by atoms with E-state index in [4.69, 9.17) is 19.9 Å². The van der Waals surface area contributed by atoms with Gasteiger partial charge in [0.1, 0.15) is 0 Å². The molecule has 0 aliphatic rings. The summed E-state index contributed by atoms with van der Waals surface area (Å²) in [5.74, 6) is 0.443. The molecule has 0 spiro atoms. The van der Waals surface area contributed by atoms with Gasteiger partial charge in [-0.05, 0) is 36.9 Å². The summed E-state index contributed by atoms with van der Waals surface area (Å²) in [5, 5.41) is 0. The first-order valence-electron chi connectivity index (χ1n) is 7.35. The zero-order valence-electron chi connectivity index (χ0n) is 12.7. The van der Waals surface area contributed by atoms with Crippen molar-refractivity contribution in [3.63, 3.8) is 0 Å². The molecule has 120 valence electrons. The fourth-order valence-electron chi connectivity index (χ4n) is 1.99. The van der Waals surface area contributed by atoms with Crippen LogP contribution in [0.15, 0.2) is 28.7 Å². The summed E-state index contributed by atoms with van der Waals surface area (Å²) in [4.78, 5) is 0. The summed E-state index contributed by atoms with van der Waals surface area (Å²) in [7, 11) is 1.66. The van der Waals surface area contributed by atoms with Crippen molar-refractivity contribution in [3.05, 3.63) is 34.3 Å². The summed E-state index contributed by atoms with van der Waals surface area (Å²) in [5.41, 5.74) is 7.16. The average Bonchev–Trinajstić information content (AvgIpc) is 2.50. The Morgan fingerprint density at radius 2 is 1.71 bits per heavy atom. The minimum Gasteiger partial charge on any atom is -0.382 e. The molecule has 0 aliphatic heterocycles. The highest BCUT2D eigenvalue weighted by Gasteiger charge is 2.09. The second kappa shape index (κ2) is 12.1. The Bertz CT molecular complexity index is 376. The lowest BCUT2D eigenvalue weighted by molar-refractivity contribution is 0.0220. The van der Waals surface area contributed by atoms with Crippen LogP contribution in [0, 0.1) is 5.92 Å². The third-order valence-electron chi connectivity index (χ3n) is 3.27. The van der Waals surface area contributed by atoms with E-state index < -0.39 is 0 Å². The number of ether oxygens (including phenoxy) is 3. The minimum absolute atomic E-state index is 0.443. The van der Waals surface area contributed by atoms with Crippen molar-refractivity contribution in [2.45, 2.75) is 12.8 Å². The Labute approximate surface area is 136 Å². The second-order valence-corrected chi connectivity index (χ2v) is 5.76. The Balaban J connectivity index is 2.13. The van der Waals surface area contributed by atoms with Gasteiger partial charge in [-0.2, -0.15) is 0 Å². The molecule has 0 saturated heterocycles. The summed E-state index contributed by atoms with van der Waals surface area (Å²) < 4.78 is 17.0. The van der Waals surface area contributed by atoms with Crippen LogP contribution in [0.1, 0.15) is 12.0 Å². The molecule has 0 saturated carbocycles. The van der Waals surface area contributed by atoms with Gasteiger partial charge >= 0.3 is 0 Å². The van der Waals surface area contributed by atoms with Crippen LogP contribution in [0.3, 0.4) is 0 Å². The number of hydrogen-bond acceptors (Lipinski definition) is 4. The van der Waals surface area contributed by atoms with Crippen molar-refractivity contribution in [2.24, 2.45) is 11.7 Å². The first-order chi connectivity index (χ1) is 10.3. The highest BCUT2D eigenvalue weighted by Crippen LogP contribution is 2.20. The molecule has 1 rings (SSSR count). The molecule has 1 aromatic rings. The molecule has 5 heteroatoms. The average molecular weight is 360 g/mol. The summed E-state index contributed by atoms with van der Waals surface area (Å²) >= 11 is 3.58. The van der Waals surface area contributed by atoms with E-state index in [0.29, 0.717) is 38.9 Å². The fourth-order valence-corrected chi connectivity index (χ4v) is 2.44. The molecule has 2 N–H and O–H groups in total. The van der Waals surface area contributed by atoms with E-state index in [9.17, 15) is 0 Å². The molecular weight excluding hydrogens is 334 g/mol. The van der Waals surface area contributed by atoms with E-state index in [2.05, 4.69) is 34.1 Å². The van der Waals surface area contributed by atoms with Crippen molar-refractivity contribution < 1.29 is 14.2 Å². The lowest BCUT2D eigenvalue weighted by Gasteiger charge is -2.16. The van der Waals surface area contributed by atoms with Gasteiger partial charge in [0, 0.05) is 18.2 Å². The second-order valence-electron chi connectivity index (χ2n) is 4.90. The smallest absolute Gasteiger partial charge is 0.0701 e. The number of benzene rings is 1. The summed E-state index contributed by atoms with van der Waals surface area (Å²) in [6.07, 6.45) is 1.95. The zero-order valence-corrected chi connectivity index (χ0v) is 14.3. The van der Waals surface area contributed by atoms with Crippen LogP contribution in [0.5, 0.6) is 0 Å². The monoisotopic (exact) mass is 359 g/mol. The molecule has 1 unspecified atom stereocenters. The van der Waals surface area contributed by atoms with Crippen molar-refractivity contribution >= 4 is 15.9 Å². The molecule has 1 atom stereocenters. The van der Waals surface area contributed by atoms with Gasteiger partial charge < -0.3 is 19.9 Å². The van der Waals surface area contributed by atoms with Gasteiger partial charge in [0.25, 0.3) is 0 Å². The van der Waals surface area contributed by atoms with Gasteiger partial charge in [0.2, 0.25) is 0 Å². The third kappa shape index (κ3) is 8.53. The minimum atomic E-state index is 0.443. The summed E-state index contributed by atoms with van der Waals surface area (Å²) in [6.45, 7) is 3.88. The van der Waals surface area contributed by atoms with Gasteiger partial charge in [0.15, 0.2) is 0 Å². The first-order valence-corrected chi connectivity index (χ1v) is 8.15. The van der Waals surface area contributed by atoms with E-state index in [0.717, 1.165) is 23.9 Å².